The minimum atomic E-state index is -0.266. The van der Waals surface area contributed by atoms with E-state index in [0.717, 1.165) is 12.0 Å². The monoisotopic (exact) mass is 223 g/mol. The number of benzene rings is 1. The molecule has 0 unspecified atom stereocenters. The summed E-state index contributed by atoms with van der Waals surface area (Å²) in [6.07, 6.45) is 0.588. The minimum Gasteiger partial charge on any atom is -0.349 e. The molecular formula is C13H21NO2. The molecule has 1 aromatic carbocycles. The van der Waals surface area contributed by atoms with Crippen molar-refractivity contribution in [3.63, 3.8) is 0 Å². The number of hydrogen-bond donors (Lipinski definition) is 1. The summed E-state index contributed by atoms with van der Waals surface area (Å²) in [5.74, 6) is 0. The molecule has 1 rings (SSSR count). The van der Waals surface area contributed by atoms with Crippen molar-refractivity contribution in [3.8, 4) is 0 Å². The molecule has 0 heterocycles. The van der Waals surface area contributed by atoms with Gasteiger partial charge in [0.1, 0.15) is 0 Å². The smallest absolute Gasteiger partial charge is 0.184 e. The lowest BCUT2D eigenvalue weighted by Crippen LogP contribution is -2.13. The third kappa shape index (κ3) is 3.59. The fourth-order valence-electron chi connectivity index (χ4n) is 1.68. The van der Waals surface area contributed by atoms with Gasteiger partial charge in [-0.2, -0.15) is 0 Å². The van der Waals surface area contributed by atoms with Gasteiger partial charge in [-0.25, -0.2) is 0 Å². The highest BCUT2D eigenvalue weighted by Crippen LogP contribution is 2.23. The molecule has 0 amide bonds. The summed E-state index contributed by atoms with van der Waals surface area (Å²) in [5, 5.41) is 0. The molecule has 2 N–H and O–H groups in total. The van der Waals surface area contributed by atoms with E-state index in [1.807, 2.05) is 32.0 Å². The van der Waals surface area contributed by atoms with Crippen molar-refractivity contribution in [1.82, 2.24) is 0 Å². The van der Waals surface area contributed by atoms with E-state index in [4.69, 9.17) is 15.2 Å². The molecule has 0 bridgehead atoms. The third-order valence-corrected chi connectivity index (χ3v) is 2.36. The molecule has 0 aliphatic rings. The number of hydrogen-bond acceptors (Lipinski definition) is 3. The second-order valence-corrected chi connectivity index (χ2v) is 3.48. The zero-order chi connectivity index (χ0) is 11.8. The number of nitrogens with two attached hydrogens (primary N) is 1. The second-order valence-electron chi connectivity index (χ2n) is 3.48. The van der Waals surface area contributed by atoms with E-state index >= 15 is 0 Å². The lowest BCUT2D eigenvalue weighted by atomic mass is 10.0. The molecule has 0 spiro atoms. The Labute approximate surface area is 97.6 Å². The fourth-order valence-corrected chi connectivity index (χ4v) is 1.68. The fraction of sp³-hybridized carbons (Fsp3) is 0.538. The van der Waals surface area contributed by atoms with E-state index in [9.17, 15) is 0 Å². The Morgan fingerprint density at radius 3 is 2.31 bits per heavy atom. The molecule has 1 aromatic rings. The maximum Gasteiger partial charge on any atom is 0.184 e. The summed E-state index contributed by atoms with van der Waals surface area (Å²) in [7, 11) is 0. The highest BCUT2D eigenvalue weighted by atomic mass is 16.7. The molecule has 90 valence electrons. The van der Waals surface area contributed by atoms with Crippen LogP contribution in [0.1, 0.15) is 31.3 Å². The van der Waals surface area contributed by atoms with Crippen molar-refractivity contribution in [2.45, 2.75) is 26.6 Å². The summed E-state index contributed by atoms with van der Waals surface area (Å²) in [4.78, 5) is 0. The van der Waals surface area contributed by atoms with Crippen LogP contribution in [-0.4, -0.2) is 19.8 Å². The van der Waals surface area contributed by atoms with Gasteiger partial charge >= 0.3 is 0 Å². The van der Waals surface area contributed by atoms with E-state index in [-0.39, 0.29) is 6.29 Å². The van der Waals surface area contributed by atoms with E-state index in [1.165, 1.54) is 5.56 Å². The van der Waals surface area contributed by atoms with Crippen LogP contribution in [0.5, 0.6) is 0 Å². The number of ether oxygens (including phenoxy) is 2. The van der Waals surface area contributed by atoms with E-state index in [1.54, 1.807) is 0 Å². The van der Waals surface area contributed by atoms with Crippen LogP contribution in [0.25, 0.3) is 0 Å². The van der Waals surface area contributed by atoms with Crippen LogP contribution in [0.2, 0.25) is 0 Å². The second kappa shape index (κ2) is 7.39. The third-order valence-electron chi connectivity index (χ3n) is 2.36. The molecule has 0 fully saturated rings. The van der Waals surface area contributed by atoms with Crippen LogP contribution < -0.4 is 5.73 Å². The van der Waals surface area contributed by atoms with Gasteiger partial charge in [0.15, 0.2) is 6.29 Å². The Morgan fingerprint density at radius 1 is 1.12 bits per heavy atom. The number of rotatable bonds is 7. The van der Waals surface area contributed by atoms with Crippen LogP contribution in [0.4, 0.5) is 0 Å². The summed E-state index contributed by atoms with van der Waals surface area (Å²) in [6.45, 7) is 5.86. The normalized spacial score (nSPS) is 11.0. The van der Waals surface area contributed by atoms with E-state index in [2.05, 4.69) is 6.07 Å². The van der Waals surface area contributed by atoms with Crippen LogP contribution in [0.15, 0.2) is 24.3 Å². The van der Waals surface area contributed by atoms with Crippen LogP contribution in [0, 0.1) is 0 Å². The van der Waals surface area contributed by atoms with E-state index in [0.29, 0.717) is 19.8 Å². The van der Waals surface area contributed by atoms with Crippen LogP contribution in [0.3, 0.4) is 0 Å². The molecule has 0 atom stereocenters. The van der Waals surface area contributed by atoms with Gasteiger partial charge in [0.05, 0.1) is 0 Å². The van der Waals surface area contributed by atoms with Gasteiger partial charge in [0, 0.05) is 18.8 Å². The molecule has 0 saturated heterocycles. The zero-order valence-electron chi connectivity index (χ0n) is 10.1. The molecule has 0 saturated carbocycles. The summed E-state index contributed by atoms with van der Waals surface area (Å²) < 4.78 is 11.2. The first-order chi connectivity index (χ1) is 7.83. The molecule has 16 heavy (non-hydrogen) atoms. The Kier molecular flexibility index (Phi) is 6.08. The quantitative estimate of drug-likeness (QED) is 0.721. The molecule has 0 radical (unpaired) electrons. The van der Waals surface area contributed by atoms with Crippen molar-refractivity contribution in [3.05, 3.63) is 35.4 Å². The van der Waals surface area contributed by atoms with Crippen molar-refractivity contribution in [2.24, 2.45) is 5.73 Å². The molecular weight excluding hydrogens is 202 g/mol. The summed E-state index contributed by atoms with van der Waals surface area (Å²) in [6, 6.07) is 8.14. The van der Waals surface area contributed by atoms with Crippen LogP contribution >= 0.6 is 0 Å². The first-order valence-electron chi connectivity index (χ1n) is 5.84. The van der Waals surface area contributed by atoms with Crippen molar-refractivity contribution in [2.75, 3.05) is 19.8 Å². The molecule has 0 aliphatic carbocycles. The maximum atomic E-state index is 5.60. The Morgan fingerprint density at radius 2 is 1.75 bits per heavy atom. The lowest BCUT2D eigenvalue weighted by Gasteiger charge is -2.20. The van der Waals surface area contributed by atoms with Crippen molar-refractivity contribution in [1.29, 1.82) is 0 Å². The van der Waals surface area contributed by atoms with Gasteiger partial charge in [-0.05, 0) is 32.4 Å². The van der Waals surface area contributed by atoms with Gasteiger partial charge < -0.3 is 15.2 Å². The highest BCUT2D eigenvalue weighted by molar-refractivity contribution is 5.28. The summed E-state index contributed by atoms with van der Waals surface area (Å²) in [5.41, 5.74) is 7.90. The lowest BCUT2D eigenvalue weighted by molar-refractivity contribution is -0.140. The average molecular weight is 223 g/mol. The average Bonchev–Trinajstić information content (AvgIpc) is 2.30. The van der Waals surface area contributed by atoms with Gasteiger partial charge in [0.25, 0.3) is 0 Å². The Balaban J connectivity index is 2.87. The predicted molar refractivity (Wildman–Crippen MR) is 65.2 cm³/mol. The molecule has 0 aliphatic heterocycles. The van der Waals surface area contributed by atoms with Crippen molar-refractivity contribution >= 4 is 0 Å². The molecule has 3 nitrogen and oxygen atoms in total. The van der Waals surface area contributed by atoms with Crippen molar-refractivity contribution < 1.29 is 9.47 Å². The first-order valence-corrected chi connectivity index (χ1v) is 5.84. The van der Waals surface area contributed by atoms with Gasteiger partial charge in [-0.15, -0.1) is 0 Å². The SMILES string of the molecule is CCOC(OCC)c1ccccc1CCN. The highest BCUT2D eigenvalue weighted by Gasteiger charge is 2.14. The van der Waals surface area contributed by atoms with Gasteiger partial charge in [0.2, 0.25) is 0 Å². The van der Waals surface area contributed by atoms with Gasteiger partial charge in [-0.3, -0.25) is 0 Å². The minimum absolute atomic E-state index is 0.266. The van der Waals surface area contributed by atoms with E-state index < -0.39 is 0 Å². The zero-order valence-corrected chi connectivity index (χ0v) is 10.1. The summed E-state index contributed by atoms with van der Waals surface area (Å²) >= 11 is 0. The molecule has 0 aromatic heterocycles. The Bertz CT molecular complexity index is 296. The predicted octanol–water partition coefficient (Wildman–Crippen LogP) is 2.26. The maximum absolute atomic E-state index is 5.60. The standard InChI is InChI=1S/C13H21NO2/c1-3-15-13(16-4-2)12-8-6-5-7-11(12)9-10-14/h5-8,13H,3-4,9-10,14H2,1-2H3. The van der Waals surface area contributed by atoms with Crippen LogP contribution in [-0.2, 0) is 15.9 Å². The van der Waals surface area contributed by atoms with Gasteiger partial charge in [-0.1, -0.05) is 24.3 Å². The first kappa shape index (κ1) is 13.2. The molecule has 3 heteroatoms. The largest absolute Gasteiger partial charge is 0.349 e. The Hall–Kier alpha value is -0.900. The topological polar surface area (TPSA) is 44.5 Å².